The number of carbonyl (C=O) groups is 18. The lowest BCUT2D eigenvalue weighted by Crippen LogP contribution is -2.33. The van der Waals surface area contributed by atoms with E-state index in [2.05, 4.69) is 4.74 Å². The highest BCUT2D eigenvalue weighted by molar-refractivity contribution is 6.29. The van der Waals surface area contributed by atoms with Crippen LogP contribution in [0.2, 0.25) is 0 Å². The summed E-state index contributed by atoms with van der Waals surface area (Å²) < 4.78 is 25.5. The molecule has 0 unspecified atom stereocenters. The number of hydrogen-bond acceptors (Lipinski definition) is 23. The lowest BCUT2D eigenvalue weighted by molar-refractivity contribution is 0.0339. The maximum Gasteiger partial charge on any atom is 0.347 e. The number of esters is 7. The average Bonchev–Trinajstić information content (AvgIpc) is 0.746. The van der Waals surface area contributed by atoms with Crippen LogP contribution in [0, 0.1) is 17.8 Å². The summed E-state index contributed by atoms with van der Waals surface area (Å²) in [5, 5.41) is 113. The topological polar surface area (TPSA) is 576 Å². The minimum Gasteiger partial charge on any atom is -0.478 e. The van der Waals surface area contributed by atoms with E-state index in [1.165, 1.54) is 0 Å². The summed E-state index contributed by atoms with van der Waals surface area (Å²) in [5.74, 6) is -48.3. The van der Waals surface area contributed by atoms with Gasteiger partial charge in [0, 0.05) is 0 Å². The first-order chi connectivity index (χ1) is 43.8. The normalized spacial score (nSPS) is 10.9. The minimum atomic E-state index is -2.99. The Balaban J connectivity index is 2.93. The van der Waals surface area contributed by atoms with Crippen LogP contribution in [-0.4, -0.2) is 183 Å². The maximum atomic E-state index is 15.3. The van der Waals surface area contributed by atoms with Crippen LogP contribution in [0.25, 0.3) is 0 Å². The number of carbonyl (C=O) groups excluding carboxylic acids is 7. The molecule has 3 rings (SSSR count). The molecule has 3 aromatic rings. The van der Waals surface area contributed by atoms with Crippen LogP contribution in [0.15, 0.2) is 0 Å². The molecule has 0 aliphatic heterocycles. The van der Waals surface area contributed by atoms with Gasteiger partial charge in [0.05, 0.1) is 120 Å². The number of benzene rings is 3. The molecule has 0 saturated heterocycles. The highest BCUT2D eigenvalue weighted by Crippen LogP contribution is 2.37. The summed E-state index contributed by atoms with van der Waals surface area (Å²) in [6.07, 6.45) is 3.48. The smallest absolute Gasteiger partial charge is 0.347 e. The molecule has 3 aromatic carbocycles. The number of carboxylic acids is 11. The highest BCUT2D eigenvalue weighted by Gasteiger charge is 2.48. The van der Waals surface area contributed by atoms with Crippen molar-refractivity contribution < 1.29 is 166 Å². The van der Waals surface area contributed by atoms with Crippen LogP contribution in [0.5, 0.6) is 0 Å². The number of carboxylic acid groups (broad SMARTS) is 11. The van der Waals surface area contributed by atoms with E-state index in [0.29, 0.717) is 38.5 Å². The van der Waals surface area contributed by atoms with Crippen LogP contribution in [0.3, 0.4) is 0 Å². The van der Waals surface area contributed by atoms with Crippen molar-refractivity contribution in [2.45, 2.75) is 119 Å². The van der Waals surface area contributed by atoms with Crippen molar-refractivity contribution in [3.63, 3.8) is 0 Å². The lowest BCUT2D eigenvalue weighted by atomic mass is 9.85. The van der Waals surface area contributed by atoms with E-state index in [9.17, 15) is 128 Å². The summed E-state index contributed by atoms with van der Waals surface area (Å²) in [4.78, 5) is 246. The van der Waals surface area contributed by atoms with Gasteiger partial charge >= 0.3 is 107 Å². The van der Waals surface area contributed by atoms with Gasteiger partial charge in [0.2, 0.25) is 0 Å². The second-order valence-electron chi connectivity index (χ2n) is 21.6. The average molecular weight is 1330 g/mol. The third kappa shape index (κ3) is 18.1. The first-order valence-corrected chi connectivity index (χ1v) is 28.1. The first-order valence-electron chi connectivity index (χ1n) is 28.1. The quantitative estimate of drug-likeness (QED) is 0.0116. The molecule has 0 radical (unpaired) electrons. The van der Waals surface area contributed by atoms with Crippen molar-refractivity contribution in [3.8, 4) is 0 Å². The Labute approximate surface area is 528 Å². The minimum absolute atomic E-state index is 0.0844. The van der Waals surface area contributed by atoms with Gasteiger partial charge in [0.15, 0.2) is 0 Å². The molecular formula is C60H62O34. The van der Waals surface area contributed by atoms with Crippen LogP contribution in [-0.2, 0) is 23.7 Å². The molecule has 11 N–H and O–H groups in total. The molecule has 0 amide bonds. The summed E-state index contributed by atoms with van der Waals surface area (Å²) >= 11 is 0. The molecule has 0 atom stereocenters. The van der Waals surface area contributed by atoms with Crippen molar-refractivity contribution >= 4 is 107 Å². The molecule has 34 heteroatoms. The second kappa shape index (κ2) is 33.5. The largest absolute Gasteiger partial charge is 0.478 e. The molecular weight excluding hydrogens is 1260 g/mol. The van der Waals surface area contributed by atoms with E-state index in [1.54, 1.807) is 0 Å². The Morgan fingerprint density at radius 2 is 0.351 bits per heavy atom. The Morgan fingerprint density at radius 1 is 0.213 bits per heavy atom. The summed E-state index contributed by atoms with van der Waals surface area (Å²) in [5.41, 5.74) is -39.9. The highest BCUT2D eigenvalue weighted by atomic mass is 16.6. The Kier molecular flexibility index (Phi) is 27.4. The fourth-order valence-electron chi connectivity index (χ4n) is 9.61. The third-order valence-electron chi connectivity index (χ3n) is 13.6. The molecule has 0 spiro atoms. The van der Waals surface area contributed by atoms with Gasteiger partial charge in [-0.15, -0.1) is 0 Å². The summed E-state index contributed by atoms with van der Waals surface area (Å²) in [7, 11) is 0. The van der Waals surface area contributed by atoms with Gasteiger partial charge < -0.3 is 79.9 Å². The van der Waals surface area contributed by atoms with E-state index in [4.69, 9.17) is 18.9 Å². The first kappa shape index (κ1) is 76.8. The Bertz CT molecular complexity index is 3600. The number of rotatable bonds is 36. The van der Waals surface area contributed by atoms with Crippen LogP contribution < -0.4 is 0 Å². The molecule has 0 aromatic heterocycles. The van der Waals surface area contributed by atoms with Gasteiger partial charge in [-0.3, -0.25) is 0 Å². The molecule has 94 heavy (non-hydrogen) atoms. The zero-order valence-corrected chi connectivity index (χ0v) is 50.6. The molecule has 0 aliphatic carbocycles. The van der Waals surface area contributed by atoms with Gasteiger partial charge in [0.1, 0.15) is 0 Å². The number of hydrogen-bond donors (Lipinski definition) is 11. The van der Waals surface area contributed by atoms with Gasteiger partial charge in [-0.05, 0) is 37.0 Å². The van der Waals surface area contributed by atoms with E-state index in [0.717, 1.165) is 0 Å². The SMILES string of the molecule is CC(C)CCCCCOC(=O)c1c(C(=O)O)c(C(=O)OC(=O)c2c(C(=O)O)c(C(=O)O)c(C(=O)O)c(C(=O)O)c2C(=O)O)c(C(=O)OC(=O)c2c(C(=O)O)c(C(=O)O)c(C(=O)O)c(C(=O)O)c2C(=O)O)c(C(=O)OCCCCCC(C)C)c1C(=O)OCCCCCC(C)C. The molecule has 0 heterocycles. The van der Waals surface area contributed by atoms with Gasteiger partial charge in [-0.2, -0.15) is 0 Å². The Hall–Kier alpha value is -11.5. The molecule has 0 saturated carbocycles. The van der Waals surface area contributed by atoms with E-state index >= 15 is 14.4 Å². The van der Waals surface area contributed by atoms with Crippen molar-refractivity contribution in [1.29, 1.82) is 0 Å². The molecule has 506 valence electrons. The van der Waals surface area contributed by atoms with Gasteiger partial charge in [-0.25, -0.2) is 86.3 Å². The number of unbranched alkanes of at least 4 members (excludes halogenated alkanes) is 6. The predicted octanol–water partition coefficient (Wildman–Crippen LogP) is 7.48. The predicted molar refractivity (Wildman–Crippen MR) is 306 cm³/mol. The Morgan fingerprint density at radius 3 is 0.532 bits per heavy atom. The fourth-order valence-corrected chi connectivity index (χ4v) is 9.61. The van der Waals surface area contributed by atoms with E-state index in [1.807, 2.05) is 41.5 Å². The standard InChI is InChI=1S/C60H62O34/c1-22(2)16-10-7-13-19-90-54(83)38-35(53(81)82)39(59(88)93-57(86)36-31(49(73)74)27(45(65)66)25(43(61)62)28(46(67)68)32(36)50(75)76)42(41(56(85)92-21-15-9-12-18-24(5)6)40(38)55(84)91-20-14-8-11-17-23(3)4)60(89)94-58(87)37-33(51(77)78)29(47(69)70)26(44(63)64)30(48(71)72)34(37)52(79)80/h22-24H,7-21H2,1-6H3,(H,61,62)(H,63,64)(H,65,66)(H,67,68)(H,69,70)(H,71,72)(H,73,74)(H,75,76)(H,77,78)(H,79,80)(H,81,82). The van der Waals surface area contributed by atoms with Crippen molar-refractivity contribution in [3.05, 3.63) is 100 Å². The summed E-state index contributed by atoms with van der Waals surface area (Å²) in [6.45, 7) is 8.79. The maximum absolute atomic E-state index is 15.3. The second-order valence-corrected chi connectivity index (χ2v) is 21.6. The third-order valence-corrected chi connectivity index (χ3v) is 13.6. The van der Waals surface area contributed by atoms with Gasteiger partial charge in [0.25, 0.3) is 0 Å². The number of aromatic carboxylic acids is 11. The van der Waals surface area contributed by atoms with Gasteiger partial charge in [-0.1, -0.05) is 99.3 Å². The zero-order chi connectivity index (χ0) is 71.7. The fraction of sp³-hybridized carbons (Fsp3) is 0.400. The molecule has 0 aliphatic rings. The van der Waals surface area contributed by atoms with E-state index < -0.39 is 227 Å². The number of ether oxygens (including phenoxy) is 5. The molecule has 0 fully saturated rings. The zero-order valence-electron chi connectivity index (χ0n) is 50.6. The van der Waals surface area contributed by atoms with Crippen LogP contribution >= 0.6 is 0 Å². The van der Waals surface area contributed by atoms with Crippen molar-refractivity contribution in [1.82, 2.24) is 0 Å². The molecule has 0 bridgehead atoms. The van der Waals surface area contributed by atoms with Crippen LogP contribution in [0.4, 0.5) is 0 Å². The van der Waals surface area contributed by atoms with Crippen LogP contribution in [0.1, 0.15) is 305 Å². The summed E-state index contributed by atoms with van der Waals surface area (Å²) in [6, 6.07) is 0. The molecule has 34 nitrogen and oxygen atoms in total. The van der Waals surface area contributed by atoms with E-state index in [-0.39, 0.29) is 56.3 Å². The monoisotopic (exact) mass is 1330 g/mol. The van der Waals surface area contributed by atoms with Crippen molar-refractivity contribution in [2.75, 3.05) is 19.8 Å². The lowest BCUT2D eigenvalue weighted by Gasteiger charge is -2.22. The van der Waals surface area contributed by atoms with Crippen molar-refractivity contribution in [2.24, 2.45) is 17.8 Å².